The first-order valence-electron chi connectivity index (χ1n) is 7.93. The molecule has 148 valence electrons. The third-order valence-corrected chi connectivity index (χ3v) is 4.38. The summed E-state index contributed by atoms with van der Waals surface area (Å²) in [4.78, 5) is 13.8. The molecule has 0 spiro atoms. The summed E-state index contributed by atoms with van der Waals surface area (Å²) >= 11 is 0. The number of ether oxygens (including phenoxy) is 1. The average molecular weight is 390 g/mol. The van der Waals surface area contributed by atoms with Crippen molar-refractivity contribution in [2.75, 3.05) is 11.9 Å². The van der Waals surface area contributed by atoms with Crippen LogP contribution in [0.3, 0.4) is 0 Å². The number of anilines is 1. The van der Waals surface area contributed by atoms with E-state index < -0.39 is 54.5 Å². The van der Waals surface area contributed by atoms with Crippen molar-refractivity contribution in [3.63, 3.8) is 0 Å². The number of H-pyrrole nitrogens is 1. The van der Waals surface area contributed by atoms with Crippen LogP contribution in [0.2, 0.25) is 0 Å². The van der Waals surface area contributed by atoms with Crippen LogP contribution in [0.1, 0.15) is 5.56 Å². The number of rotatable bonds is 3. The molecule has 6 N–H and O–H groups in total. The maximum atomic E-state index is 12.8. The van der Waals surface area contributed by atoms with E-state index in [9.17, 15) is 33.3 Å². The molecule has 0 bridgehead atoms. The van der Waals surface area contributed by atoms with Gasteiger partial charge in [-0.1, -0.05) is 6.07 Å². The van der Waals surface area contributed by atoms with Crippen LogP contribution in [0.4, 0.5) is 18.9 Å². The summed E-state index contributed by atoms with van der Waals surface area (Å²) in [6, 6.07) is 3.56. The largest absolute Gasteiger partial charge is 0.421 e. The van der Waals surface area contributed by atoms with Gasteiger partial charge in [-0.15, -0.1) is 0 Å². The lowest BCUT2D eigenvalue weighted by molar-refractivity contribution is -0.245. The highest BCUT2D eigenvalue weighted by atomic mass is 19.4. The number of aromatic amines is 1. The molecule has 11 heteroatoms. The zero-order valence-corrected chi connectivity index (χ0v) is 13.6. The van der Waals surface area contributed by atoms with E-state index in [1.165, 1.54) is 18.2 Å². The number of benzene rings is 1. The first kappa shape index (κ1) is 19.6. The normalized spacial score (nSPS) is 29.1. The Hall–Kier alpha value is -2.18. The zero-order valence-electron chi connectivity index (χ0n) is 13.6. The minimum Gasteiger partial charge on any atom is -0.394 e. The predicted molar refractivity (Wildman–Crippen MR) is 87.0 cm³/mol. The van der Waals surface area contributed by atoms with Crippen LogP contribution in [-0.2, 0) is 10.9 Å². The fraction of sp³-hybridized carbons (Fsp3) is 0.438. The van der Waals surface area contributed by atoms with Crippen LogP contribution in [0.5, 0.6) is 0 Å². The quantitative estimate of drug-likeness (QED) is 0.426. The summed E-state index contributed by atoms with van der Waals surface area (Å²) in [6.45, 7) is -0.610. The van der Waals surface area contributed by atoms with Crippen LogP contribution >= 0.6 is 0 Å². The SMILES string of the molecule is O=c1[nH]c2cc(N[C@@H]3C(O)OC(CO)[C@@H](O)C3O)ccc2cc1C(F)(F)F. The number of aliphatic hydroxyl groups is 4. The van der Waals surface area contributed by atoms with Gasteiger partial charge in [-0.2, -0.15) is 13.2 Å². The van der Waals surface area contributed by atoms with Crippen molar-refractivity contribution in [1.29, 1.82) is 0 Å². The smallest absolute Gasteiger partial charge is 0.394 e. The Morgan fingerprint density at radius 3 is 2.48 bits per heavy atom. The Labute approximate surface area is 149 Å². The Kier molecular flexibility index (Phi) is 5.14. The molecule has 3 unspecified atom stereocenters. The minimum absolute atomic E-state index is 0.104. The molecule has 1 saturated heterocycles. The fourth-order valence-corrected chi connectivity index (χ4v) is 2.95. The van der Waals surface area contributed by atoms with Crippen molar-refractivity contribution < 1.29 is 38.3 Å². The molecule has 1 fully saturated rings. The van der Waals surface area contributed by atoms with Crippen molar-refractivity contribution >= 4 is 16.6 Å². The highest BCUT2D eigenvalue weighted by Crippen LogP contribution is 2.29. The van der Waals surface area contributed by atoms with Gasteiger partial charge in [0, 0.05) is 5.69 Å². The van der Waals surface area contributed by atoms with E-state index in [0.717, 1.165) is 6.07 Å². The van der Waals surface area contributed by atoms with Gasteiger partial charge >= 0.3 is 6.18 Å². The standard InChI is InChI=1S/C16H17F3N2O6/c17-16(18,19)8-3-6-1-2-7(4-9(6)21-14(8)25)20-11-13(24)12(23)10(5-22)27-15(11)26/h1-4,10-13,15,20,22-24,26H,5H2,(H,21,25)/t10?,11-,12+,13?,15?/m0/s1. The second-order valence-electron chi connectivity index (χ2n) is 6.21. The van der Waals surface area contributed by atoms with Gasteiger partial charge in [0.1, 0.15) is 29.9 Å². The second-order valence-corrected chi connectivity index (χ2v) is 6.21. The van der Waals surface area contributed by atoms with E-state index in [4.69, 9.17) is 9.84 Å². The summed E-state index contributed by atoms with van der Waals surface area (Å²) in [5, 5.41) is 41.8. The number of halogens is 3. The molecule has 0 aliphatic carbocycles. The number of aliphatic hydroxyl groups excluding tert-OH is 4. The summed E-state index contributed by atoms with van der Waals surface area (Å²) in [7, 11) is 0. The lowest BCUT2D eigenvalue weighted by Crippen LogP contribution is -2.61. The number of alkyl halides is 3. The molecule has 8 nitrogen and oxygen atoms in total. The first-order valence-corrected chi connectivity index (χ1v) is 7.93. The molecule has 0 radical (unpaired) electrons. The van der Waals surface area contributed by atoms with Crippen LogP contribution in [0.15, 0.2) is 29.1 Å². The molecule has 27 heavy (non-hydrogen) atoms. The molecule has 1 aliphatic rings. The second kappa shape index (κ2) is 7.09. The van der Waals surface area contributed by atoms with Crippen molar-refractivity contribution in [3.8, 4) is 0 Å². The van der Waals surface area contributed by atoms with Crippen LogP contribution < -0.4 is 10.9 Å². The summed E-state index contributed by atoms with van der Waals surface area (Å²) in [5.74, 6) is 0. The van der Waals surface area contributed by atoms with Crippen molar-refractivity contribution in [2.45, 2.75) is 36.8 Å². The van der Waals surface area contributed by atoms with Crippen LogP contribution in [0, 0.1) is 0 Å². The topological polar surface area (TPSA) is 135 Å². The lowest BCUT2D eigenvalue weighted by atomic mass is 9.97. The Morgan fingerprint density at radius 1 is 1.15 bits per heavy atom. The molecule has 0 amide bonds. The molecule has 1 aromatic carbocycles. The Morgan fingerprint density at radius 2 is 1.85 bits per heavy atom. The molecule has 0 saturated carbocycles. The number of hydrogen-bond acceptors (Lipinski definition) is 7. The molecule has 5 atom stereocenters. The number of aromatic nitrogens is 1. The fourth-order valence-electron chi connectivity index (χ4n) is 2.95. The maximum Gasteiger partial charge on any atom is 0.421 e. The van der Waals surface area contributed by atoms with Gasteiger partial charge in [-0.05, 0) is 23.6 Å². The van der Waals surface area contributed by atoms with E-state index in [1.54, 1.807) is 0 Å². The van der Waals surface area contributed by atoms with Crippen molar-refractivity contribution in [3.05, 3.63) is 40.2 Å². The van der Waals surface area contributed by atoms with E-state index in [-0.39, 0.29) is 16.6 Å². The van der Waals surface area contributed by atoms with Crippen LogP contribution in [0.25, 0.3) is 10.9 Å². The van der Waals surface area contributed by atoms with Gasteiger partial charge in [0.2, 0.25) is 0 Å². The molecular weight excluding hydrogens is 373 g/mol. The minimum atomic E-state index is -4.79. The van der Waals surface area contributed by atoms with E-state index in [1.807, 2.05) is 0 Å². The van der Waals surface area contributed by atoms with Gasteiger partial charge in [0.05, 0.1) is 12.1 Å². The molecule has 1 aliphatic heterocycles. The van der Waals surface area contributed by atoms with Crippen LogP contribution in [-0.4, -0.2) is 62.7 Å². The van der Waals surface area contributed by atoms with E-state index in [0.29, 0.717) is 0 Å². The molecule has 1 aromatic heterocycles. The van der Waals surface area contributed by atoms with Gasteiger partial charge in [0.25, 0.3) is 5.56 Å². The Balaban J connectivity index is 1.89. The molecule has 2 heterocycles. The first-order chi connectivity index (χ1) is 12.6. The number of pyridine rings is 1. The van der Waals surface area contributed by atoms with Crippen molar-refractivity contribution in [1.82, 2.24) is 4.98 Å². The number of fused-ring (bicyclic) bond motifs is 1. The third kappa shape index (κ3) is 3.77. The highest BCUT2D eigenvalue weighted by Gasteiger charge is 2.43. The van der Waals surface area contributed by atoms with Gasteiger partial charge < -0.3 is 35.5 Å². The number of nitrogens with one attached hydrogen (secondary N) is 2. The van der Waals surface area contributed by atoms with Gasteiger partial charge in [-0.25, -0.2) is 0 Å². The number of hydrogen-bond donors (Lipinski definition) is 6. The maximum absolute atomic E-state index is 12.8. The lowest BCUT2D eigenvalue weighted by Gasteiger charge is -2.40. The summed E-state index contributed by atoms with van der Waals surface area (Å²) in [5.41, 5.74) is -2.26. The van der Waals surface area contributed by atoms with Gasteiger partial charge in [-0.3, -0.25) is 4.79 Å². The van der Waals surface area contributed by atoms with E-state index in [2.05, 4.69) is 10.3 Å². The average Bonchev–Trinajstić information content (AvgIpc) is 2.60. The molecular formula is C16H17F3N2O6. The molecule has 2 aromatic rings. The highest BCUT2D eigenvalue weighted by molar-refractivity contribution is 5.82. The van der Waals surface area contributed by atoms with Gasteiger partial charge in [0.15, 0.2) is 6.29 Å². The predicted octanol–water partition coefficient (Wildman–Crippen LogP) is -0.241. The monoisotopic (exact) mass is 390 g/mol. The zero-order chi connectivity index (χ0) is 19.9. The third-order valence-electron chi connectivity index (χ3n) is 4.38. The Bertz CT molecular complexity index is 887. The molecule has 3 rings (SSSR count). The summed E-state index contributed by atoms with van der Waals surface area (Å²) in [6.07, 6.45) is -10.5. The van der Waals surface area contributed by atoms with E-state index >= 15 is 0 Å². The van der Waals surface area contributed by atoms with Crippen molar-refractivity contribution in [2.24, 2.45) is 0 Å². The summed E-state index contributed by atoms with van der Waals surface area (Å²) < 4.78 is 43.4.